The van der Waals surface area contributed by atoms with E-state index < -0.39 is 0 Å². The maximum atomic E-state index is 5.16. The monoisotopic (exact) mass is 1130 g/mol. The van der Waals surface area contributed by atoms with Gasteiger partial charge in [-0.1, -0.05) is 411 Å². The standard InChI is InChI=1S/C80H144N2/c1-4-7-10-13-16-18-20-22-24-26-28-30-32-34-36-38-40-42-44-46-48-50-52-54-56-58-61-64-76-67-71-78(72-68-76)81-75-80(66-63-60-15-12-9-6-3)82-79-73-69-77(70-74-79)65-62-59-57-55-53-51-49-47-45-43-41-39-37-35-33-31-29-27-25-23-21-19-17-14-11-8-5-2/h67-75H,4-66H2,1-3H3. The Balaban J connectivity index is 1.46. The van der Waals surface area contributed by atoms with Crippen molar-refractivity contribution in [3.8, 4) is 0 Å². The summed E-state index contributed by atoms with van der Waals surface area (Å²) in [6.07, 6.45) is 91.5. The van der Waals surface area contributed by atoms with Gasteiger partial charge >= 0.3 is 0 Å². The summed E-state index contributed by atoms with van der Waals surface area (Å²) >= 11 is 0. The van der Waals surface area contributed by atoms with Crippen LogP contribution >= 0.6 is 0 Å². The summed E-state index contributed by atoms with van der Waals surface area (Å²) in [5.41, 5.74) is 6.12. The highest BCUT2D eigenvalue weighted by molar-refractivity contribution is 6.31. The van der Waals surface area contributed by atoms with Crippen molar-refractivity contribution in [1.82, 2.24) is 0 Å². The predicted molar refractivity (Wildman–Crippen MR) is 374 cm³/mol. The zero-order valence-electron chi connectivity index (χ0n) is 56.1. The van der Waals surface area contributed by atoms with Gasteiger partial charge in [0, 0.05) is 6.21 Å². The Bertz CT molecular complexity index is 1590. The molecule has 2 rings (SSSR count). The van der Waals surface area contributed by atoms with Gasteiger partial charge in [0.2, 0.25) is 0 Å². The van der Waals surface area contributed by atoms with Crippen molar-refractivity contribution in [3.05, 3.63) is 59.7 Å². The Morgan fingerprint density at radius 1 is 0.232 bits per heavy atom. The summed E-state index contributed by atoms with van der Waals surface area (Å²) in [5, 5.41) is 0. The van der Waals surface area contributed by atoms with Crippen molar-refractivity contribution in [2.75, 3.05) is 0 Å². The van der Waals surface area contributed by atoms with Crippen LogP contribution in [0.3, 0.4) is 0 Å². The van der Waals surface area contributed by atoms with Gasteiger partial charge in [-0.2, -0.15) is 0 Å². The first kappa shape index (κ1) is 75.9. The molecule has 2 aromatic carbocycles. The van der Waals surface area contributed by atoms with E-state index in [4.69, 9.17) is 9.98 Å². The molecular formula is C80H144N2. The van der Waals surface area contributed by atoms with Crippen molar-refractivity contribution in [1.29, 1.82) is 0 Å². The van der Waals surface area contributed by atoms with Gasteiger partial charge in [-0.25, -0.2) is 0 Å². The van der Waals surface area contributed by atoms with E-state index in [0.717, 1.165) is 23.5 Å². The molecule has 0 atom stereocenters. The smallest absolute Gasteiger partial charge is 0.0633 e. The predicted octanol–water partition coefficient (Wildman–Crippen LogP) is 29.1. The molecule has 2 heteroatoms. The molecular weight excluding hydrogens is 989 g/mol. The van der Waals surface area contributed by atoms with Crippen molar-refractivity contribution < 1.29 is 0 Å². The van der Waals surface area contributed by atoms with Gasteiger partial charge in [-0.05, 0) is 73.9 Å². The molecule has 0 heterocycles. The lowest BCUT2D eigenvalue weighted by Gasteiger charge is -2.06. The van der Waals surface area contributed by atoms with E-state index in [1.807, 2.05) is 0 Å². The van der Waals surface area contributed by atoms with E-state index in [2.05, 4.69) is 75.5 Å². The maximum absolute atomic E-state index is 5.16. The van der Waals surface area contributed by atoms with Gasteiger partial charge in [0.25, 0.3) is 0 Å². The molecule has 0 saturated heterocycles. The first-order valence-electron chi connectivity index (χ1n) is 38.0. The second-order valence-corrected chi connectivity index (χ2v) is 26.6. The zero-order valence-corrected chi connectivity index (χ0v) is 56.1. The lowest BCUT2D eigenvalue weighted by Crippen LogP contribution is -2.00. The average Bonchev–Trinajstić information content (AvgIpc) is 3.54. The van der Waals surface area contributed by atoms with Gasteiger partial charge in [0.15, 0.2) is 0 Å². The Hall–Kier alpha value is -2.22. The number of unbranched alkanes of at least 4 members (excludes halogenated alkanes) is 57. The summed E-state index contributed by atoms with van der Waals surface area (Å²) in [7, 11) is 0. The minimum absolute atomic E-state index is 0.995. The summed E-state index contributed by atoms with van der Waals surface area (Å²) < 4.78 is 0. The van der Waals surface area contributed by atoms with Gasteiger partial charge in [0.1, 0.15) is 0 Å². The zero-order chi connectivity index (χ0) is 58.2. The molecule has 0 radical (unpaired) electrons. The Kier molecular flexibility index (Phi) is 58.6. The van der Waals surface area contributed by atoms with Crippen LogP contribution in [0, 0.1) is 0 Å². The van der Waals surface area contributed by atoms with Crippen LogP contribution in [0.25, 0.3) is 0 Å². The number of aliphatic imine (C=N–C) groups is 2. The summed E-state index contributed by atoms with van der Waals surface area (Å²) in [6, 6.07) is 18.2. The molecule has 0 aromatic heterocycles. The van der Waals surface area contributed by atoms with E-state index in [1.165, 1.54) is 409 Å². The number of benzene rings is 2. The fraction of sp³-hybridized carbons (Fsp3) is 0.825. The quantitative estimate of drug-likeness (QED) is 0.0466. The topological polar surface area (TPSA) is 24.7 Å². The van der Waals surface area contributed by atoms with E-state index >= 15 is 0 Å². The summed E-state index contributed by atoms with van der Waals surface area (Å²) in [5.74, 6) is 0. The van der Waals surface area contributed by atoms with E-state index in [9.17, 15) is 0 Å². The van der Waals surface area contributed by atoms with Crippen molar-refractivity contribution in [2.45, 2.75) is 425 Å². The third-order valence-corrected chi connectivity index (χ3v) is 18.4. The SMILES string of the molecule is CCCCCCCCCCCCCCCCCCCCCCCCCCCCCc1ccc(N=CC(CCCCCCCC)=Nc2ccc(CCCCCCCCCCCCCCCCCCCCCCCCCCCCC)cc2)cc1. The van der Waals surface area contributed by atoms with Crippen LogP contribution in [0.4, 0.5) is 11.4 Å². The molecule has 0 saturated carbocycles. The molecule has 0 aliphatic heterocycles. The van der Waals surface area contributed by atoms with E-state index in [-0.39, 0.29) is 0 Å². The van der Waals surface area contributed by atoms with Gasteiger partial charge in [-0.3, -0.25) is 9.98 Å². The molecule has 82 heavy (non-hydrogen) atoms. The molecule has 0 aliphatic rings. The molecule has 474 valence electrons. The highest BCUT2D eigenvalue weighted by Gasteiger charge is 2.04. The minimum Gasteiger partial charge on any atom is -0.255 e. The van der Waals surface area contributed by atoms with Gasteiger partial charge < -0.3 is 0 Å². The van der Waals surface area contributed by atoms with Crippen molar-refractivity contribution in [3.63, 3.8) is 0 Å². The first-order chi connectivity index (χ1) is 40.7. The number of rotatable bonds is 66. The Morgan fingerprint density at radius 2 is 0.427 bits per heavy atom. The van der Waals surface area contributed by atoms with Crippen molar-refractivity contribution >= 4 is 23.3 Å². The highest BCUT2D eigenvalue weighted by Crippen LogP contribution is 2.22. The summed E-state index contributed by atoms with van der Waals surface area (Å²) in [4.78, 5) is 10.1. The van der Waals surface area contributed by atoms with Crippen LogP contribution in [0.5, 0.6) is 0 Å². The Morgan fingerprint density at radius 3 is 0.659 bits per heavy atom. The van der Waals surface area contributed by atoms with Gasteiger partial charge in [-0.15, -0.1) is 0 Å². The lowest BCUT2D eigenvalue weighted by atomic mass is 10.0. The average molecular weight is 1130 g/mol. The second-order valence-electron chi connectivity index (χ2n) is 26.6. The van der Waals surface area contributed by atoms with Crippen LogP contribution in [0.1, 0.15) is 424 Å². The lowest BCUT2D eigenvalue weighted by molar-refractivity contribution is 0.514. The normalized spacial score (nSPS) is 12.0. The molecule has 0 unspecified atom stereocenters. The molecule has 0 fully saturated rings. The fourth-order valence-corrected chi connectivity index (χ4v) is 12.7. The molecule has 0 aliphatic carbocycles. The van der Waals surface area contributed by atoms with Crippen molar-refractivity contribution in [2.24, 2.45) is 9.98 Å². The van der Waals surface area contributed by atoms with Crippen LogP contribution < -0.4 is 0 Å². The highest BCUT2D eigenvalue weighted by atomic mass is 14.8. The number of aryl methyl sites for hydroxylation is 2. The molecule has 2 nitrogen and oxygen atoms in total. The van der Waals surface area contributed by atoms with Crippen LogP contribution in [-0.4, -0.2) is 11.9 Å². The summed E-state index contributed by atoms with van der Waals surface area (Å²) in [6.45, 7) is 6.93. The number of nitrogens with zero attached hydrogens (tertiary/aromatic N) is 2. The number of hydrogen-bond donors (Lipinski definition) is 0. The molecule has 2 aromatic rings. The largest absolute Gasteiger partial charge is 0.255 e. The molecule has 0 spiro atoms. The molecule has 0 bridgehead atoms. The molecule has 0 N–H and O–H groups in total. The Labute approximate surface area is 515 Å². The number of hydrogen-bond acceptors (Lipinski definition) is 2. The second kappa shape index (κ2) is 63.3. The fourth-order valence-electron chi connectivity index (χ4n) is 12.7. The van der Waals surface area contributed by atoms with Crippen LogP contribution in [0.2, 0.25) is 0 Å². The third-order valence-electron chi connectivity index (χ3n) is 18.4. The van der Waals surface area contributed by atoms with E-state index in [0.29, 0.717) is 0 Å². The third kappa shape index (κ3) is 53.3. The first-order valence-corrected chi connectivity index (χ1v) is 38.0. The minimum atomic E-state index is 0.995. The van der Waals surface area contributed by atoms with Crippen LogP contribution in [0.15, 0.2) is 58.5 Å². The molecule has 0 amide bonds. The van der Waals surface area contributed by atoms with Gasteiger partial charge in [0.05, 0.1) is 17.1 Å². The maximum Gasteiger partial charge on any atom is 0.0633 e. The van der Waals surface area contributed by atoms with Crippen LogP contribution in [-0.2, 0) is 12.8 Å². The van der Waals surface area contributed by atoms with E-state index in [1.54, 1.807) is 0 Å².